The van der Waals surface area contributed by atoms with Crippen LogP contribution in [0.3, 0.4) is 0 Å². The average Bonchev–Trinajstić information content (AvgIpc) is 2.90. The molecule has 4 nitrogen and oxygen atoms in total. The van der Waals surface area contributed by atoms with E-state index in [9.17, 15) is 9.59 Å². The van der Waals surface area contributed by atoms with Crippen LogP contribution in [0.2, 0.25) is 0 Å². The number of amides is 2. The molecule has 6 heteroatoms. The number of halogens is 1. The van der Waals surface area contributed by atoms with Gasteiger partial charge in [0.15, 0.2) is 0 Å². The Hall–Kier alpha value is -2.31. The number of hydrogen-bond donors (Lipinski definition) is 0. The molecule has 0 radical (unpaired) electrons. The van der Waals surface area contributed by atoms with Crippen LogP contribution in [0.5, 0.6) is 5.75 Å². The minimum atomic E-state index is -0.291. The van der Waals surface area contributed by atoms with Crippen molar-refractivity contribution in [3.63, 3.8) is 0 Å². The SMILES string of the molecule is C=CCN1C(=O)S/C(=C/c2ccc(OCc3ccc(C)cc3)c(Br)c2)C1=O. The summed E-state index contributed by atoms with van der Waals surface area (Å²) in [6.07, 6.45) is 3.25. The molecule has 1 fully saturated rings. The van der Waals surface area contributed by atoms with Crippen LogP contribution in [0, 0.1) is 6.92 Å². The third-order valence-electron chi connectivity index (χ3n) is 3.95. The lowest BCUT2D eigenvalue weighted by Gasteiger charge is -2.09. The Labute approximate surface area is 171 Å². The molecular weight excluding hydrogens is 426 g/mol. The van der Waals surface area contributed by atoms with E-state index < -0.39 is 0 Å². The van der Waals surface area contributed by atoms with E-state index in [-0.39, 0.29) is 17.7 Å². The van der Waals surface area contributed by atoms with Gasteiger partial charge in [0.1, 0.15) is 12.4 Å². The van der Waals surface area contributed by atoms with Crippen molar-refractivity contribution < 1.29 is 14.3 Å². The monoisotopic (exact) mass is 443 g/mol. The second-order valence-corrected chi connectivity index (χ2v) is 7.89. The van der Waals surface area contributed by atoms with Crippen LogP contribution in [0.4, 0.5) is 4.79 Å². The molecule has 0 N–H and O–H groups in total. The van der Waals surface area contributed by atoms with Gasteiger partial charge in [-0.25, -0.2) is 0 Å². The van der Waals surface area contributed by atoms with Crippen molar-refractivity contribution >= 4 is 44.9 Å². The van der Waals surface area contributed by atoms with Crippen LogP contribution < -0.4 is 4.74 Å². The molecule has 1 heterocycles. The molecule has 2 aromatic carbocycles. The first-order valence-electron chi connectivity index (χ1n) is 8.32. The number of thioether (sulfide) groups is 1. The molecule has 27 heavy (non-hydrogen) atoms. The average molecular weight is 444 g/mol. The number of carbonyl (C=O) groups is 2. The first-order valence-corrected chi connectivity index (χ1v) is 9.93. The van der Waals surface area contributed by atoms with Crippen LogP contribution in [-0.2, 0) is 11.4 Å². The van der Waals surface area contributed by atoms with Gasteiger partial charge in [-0.3, -0.25) is 14.5 Å². The second-order valence-electron chi connectivity index (χ2n) is 6.05. The van der Waals surface area contributed by atoms with Gasteiger partial charge in [-0.1, -0.05) is 42.0 Å². The summed E-state index contributed by atoms with van der Waals surface area (Å²) in [6, 6.07) is 13.8. The van der Waals surface area contributed by atoms with Crippen molar-refractivity contribution in [2.45, 2.75) is 13.5 Å². The van der Waals surface area contributed by atoms with Gasteiger partial charge in [0.2, 0.25) is 0 Å². The molecule has 2 amide bonds. The van der Waals surface area contributed by atoms with Gasteiger partial charge >= 0.3 is 0 Å². The molecule has 0 spiro atoms. The zero-order chi connectivity index (χ0) is 19.4. The van der Waals surface area contributed by atoms with E-state index in [1.165, 1.54) is 16.5 Å². The first kappa shape index (κ1) is 19.5. The Bertz CT molecular complexity index is 922. The fourth-order valence-electron chi connectivity index (χ4n) is 2.51. The number of imide groups is 1. The molecule has 0 bridgehead atoms. The summed E-state index contributed by atoms with van der Waals surface area (Å²) < 4.78 is 6.65. The van der Waals surface area contributed by atoms with Crippen LogP contribution >= 0.6 is 27.7 Å². The van der Waals surface area contributed by atoms with Crippen LogP contribution in [0.15, 0.2) is 64.5 Å². The normalized spacial score (nSPS) is 15.5. The maximum absolute atomic E-state index is 12.3. The number of ether oxygens (including phenoxy) is 1. The number of benzene rings is 2. The number of nitrogens with zero attached hydrogens (tertiary/aromatic N) is 1. The van der Waals surface area contributed by atoms with Crippen LogP contribution in [0.25, 0.3) is 6.08 Å². The van der Waals surface area contributed by atoms with Crippen molar-refractivity contribution in [2.24, 2.45) is 0 Å². The highest BCUT2D eigenvalue weighted by molar-refractivity contribution is 9.10. The number of rotatable bonds is 6. The summed E-state index contributed by atoms with van der Waals surface area (Å²) in [5.74, 6) is 0.424. The number of aryl methyl sites for hydroxylation is 1. The zero-order valence-electron chi connectivity index (χ0n) is 14.8. The molecule has 0 aromatic heterocycles. The fourth-order valence-corrected chi connectivity index (χ4v) is 3.87. The molecule has 1 aliphatic rings. The van der Waals surface area contributed by atoms with Gasteiger partial charge in [0.25, 0.3) is 11.1 Å². The molecule has 0 saturated carbocycles. The van der Waals surface area contributed by atoms with E-state index in [2.05, 4.69) is 34.6 Å². The summed E-state index contributed by atoms with van der Waals surface area (Å²) in [4.78, 5) is 25.7. The van der Waals surface area contributed by atoms with Crippen LogP contribution in [0.1, 0.15) is 16.7 Å². The van der Waals surface area contributed by atoms with E-state index in [0.29, 0.717) is 17.3 Å². The van der Waals surface area contributed by atoms with Crippen LogP contribution in [-0.4, -0.2) is 22.6 Å². The molecule has 1 aliphatic heterocycles. The first-order chi connectivity index (χ1) is 13.0. The Morgan fingerprint density at radius 1 is 1.19 bits per heavy atom. The number of carbonyl (C=O) groups excluding carboxylic acids is 2. The maximum atomic E-state index is 12.3. The Morgan fingerprint density at radius 3 is 2.59 bits per heavy atom. The van der Waals surface area contributed by atoms with Gasteiger partial charge < -0.3 is 4.74 Å². The van der Waals surface area contributed by atoms with Crippen molar-refractivity contribution in [2.75, 3.05) is 6.54 Å². The third-order valence-corrected chi connectivity index (χ3v) is 5.48. The molecule has 0 atom stereocenters. The van der Waals surface area contributed by atoms with E-state index in [4.69, 9.17) is 4.74 Å². The third kappa shape index (κ3) is 4.70. The van der Waals surface area contributed by atoms with Gasteiger partial charge in [-0.15, -0.1) is 6.58 Å². The lowest BCUT2D eigenvalue weighted by Crippen LogP contribution is -2.27. The lowest BCUT2D eigenvalue weighted by atomic mass is 10.1. The van der Waals surface area contributed by atoms with Crippen molar-refractivity contribution in [3.8, 4) is 5.75 Å². The molecule has 0 unspecified atom stereocenters. The van der Waals surface area contributed by atoms with Gasteiger partial charge in [0.05, 0.1) is 9.38 Å². The maximum Gasteiger partial charge on any atom is 0.293 e. The fraction of sp³-hybridized carbons (Fsp3) is 0.143. The lowest BCUT2D eigenvalue weighted by molar-refractivity contribution is -0.122. The highest BCUT2D eigenvalue weighted by Gasteiger charge is 2.34. The highest BCUT2D eigenvalue weighted by Crippen LogP contribution is 2.34. The summed E-state index contributed by atoms with van der Waals surface area (Å²) >= 11 is 4.45. The summed E-state index contributed by atoms with van der Waals surface area (Å²) in [6.45, 7) is 6.31. The molecule has 3 rings (SSSR count). The summed E-state index contributed by atoms with van der Waals surface area (Å²) in [7, 11) is 0. The van der Waals surface area contributed by atoms with Crippen molar-refractivity contribution in [1.82, 2.24) is 4.90 Å². The molecular formula is C21H18BrNO3S. The Balaban J connectivity index is 1.71. The van der Waals surface area contributed by atoms with E-state index >= 15 is 0 Å². The van der Waals surface area contributed by atoms with Crippen molar-refractivity contribution in [1.29, 1.82) is 0 Å². The Morgan fingerprint density at radius 2 is 1.93 bits per heavy atom. The van der Waals surface area contributed by atoms with Gasteiger partial charge in [-0.05, 0) is 64.0 Å². The molecule has 138 valence electrons. The highest BCUT2D eigenvalue weighted by atomic mass is 79.9. The molecule has 2 aromatic rings. The standard InChI is InChI=1S/C21H18BrNO3S/c1-3-10-23-20(24)19(27-21(23)25)12-16-8-9-18(17(22)11-16)26-13-15-6-4-14(2)5-7-15/h3-9,11-12H,1,10,13H2,2H3/b19-12+. The molecule has 1 saturated heterocycles. The number of hydrogen-bond acceptors (Lipinski definition) is 4. The van der Waals surface area contributed by atoms with E-state index in [1.54, 1.807) is 6.08 Å². The van der Waals surface area contributed by atoms with E-state index in [1.807, 2.05) is 37.3 Å². The topological polar surface area (TPSA) is 46.6 Å². The van der Waals surface area contributed by atoms with Crippen molar-refractivity contribution in [3.05, 3.63) is 81.2 Å². The molecule has 0 aliphatic carbocycles. The summed E-state index contributed by atoms with van der Waals surface area (Å²) in [5.41, 5.74) is 3.11. The largest absolute Gasteiger partial charge is 0.488 e. The van der Waals surface area contributed by atoms with Gasteiger partial charge in [-0.2, -0.15) is 0 Å². The predicted molar refractivity (Wildman–Crippen MR) is 113 cm³/mol. The smallest absolute Gasteiger partial charge is 0.293 e. The minimum absolute atomic E-state index is 0.220. The predicted octanol–water partition coefficient (Wildman–Crippen LogP) is 5.56. The minimum Gasteiger partial charge on any atom is -0.488 e. The van der Waals surface area contributed by atoms with Gasteiger partial charge in [0, 0.05) is 6.54 Å². The zero-order valence-corrected chi connectivity index (χ0v) is 17.2. The quantitative estimate of drug-likeness (QED) is 0.433. The second kappa shape index (κ2) is 8.59. The summed E-state index contributed by atoms with van der Waals surface area (Å²) in [5, 5.41) is -0.275. The Kier molecular flexibility index (Phi) is 6.19. The van der Waals surface area contributed by atoms with E-state index in [0.717, 1.165) is 27.4 Å².